The second kappa shape index (κ2) is 6.48. The van der Waals surface area contributed by atoms with Crippen LogP contribution in [0.1, 0.15) is 31.5 Å². The van der Waals surface area contributed by atoms with Gasteiger partial charge in [-0.2, -0.15) is 0 Å². The van der Waals surface area contributed by atoms with Crippen molar-refractivity contribution in [3.8, 4) is 0 Å². The molecule has 1 unspecified atom stereocenters. The highest BCUT2D eigenvalue weighted by Gasteiger charge is 1.98. The van der Waals surface area contributed by atoms with Gasteiger partial charge in [0.2, 0.25) is 0 Å². The molecule has 90 valence electrons. The first-order valence-corrected chi connectivity index (χ1v) is 6.04. The fraction of sp³-hybridized carbons (Fsp3) is 0.615. The van der Waals surface area contributed by atoms with Crippen LogP contribution < -0.4 is 10.6 Å². The zero-order valence-electron chi connectivity index (χ0n) is 10.8. The minimum absolute atomic E-state index is 0.592. The molecule has 0 saturated carbocycles. The average Bonchev–Trinajstić information content (AvgIpc) is 2.22. The van der Waals surface area contributed by atoms with Crippen LogP contribution in [0, 0.1) is 13.8 Å². The molecule has 3 nitrogen and oxygen atoms in total. The topological polar surface area (TPSA) is 37.0 Å². The zero-order chi connectivity index (χ0) is 12.0. The molecule has 0 spiro atoms. The van der Waals surface area contributed by atoms with Crippen LogP contribution in [0.4, 0.5) is 5.82 Å². The van der Waals surface area contributed by atoms with Gasteiger partial charge >= 0.3 is 0 Å². The predicted molar refractivity (Wildman–Crippen MR) is 70.0 cm³/mol. The monoisotopic (exact) mass is 221 g/mol. The number of hydrogen-bond donors (Lipinski definition) is 2. The van der Waals surface area contributed by atoms with Crippen molar-refractivity contribution in [3.63, 3.8) is 0 Å². The molecular formula is C13H23N3. The van der Waals surface area contributed by atoms with E-state index in [-0.39, 0.29) is 0 Å². The quantitative estimate of drug-likeness (QED) is 0.725. The first-order valence-electron chi connectivity index (χ1n) is 6.04. The van der Waals surface area contributed by atoms with Crippen LogP contribution in [0.3, 0.4) is 0 Å². The van der Waals surface area contributed by atoms with Crippen LogP contribution in [-0.4, -0.2) is 24.1 Å². The van der Waals surface area contributed by atoms with Gasteiger partial charge in [0.1, 0.15) is 5.82 Å². The van der Waals surface area contributed by atoms with E-state index >= 15 is 0 Å². The van der Waals surface area contributed by atoms with Crippen molar-refractivity contribution in [1.29, 1.82) is 0 Å². The Morgan fingerprint density at radius 1 is 1.25 bits per heavy atom. The van der Waals surface area contributed by atoms with Gasteiger partial charge in [0.15, 0.2) is 0 Å². The number of nitrogens with one attached hydrogen (secondary N) is 2. The van der Waals surface area contributed by atoms with E-state index in [0.717, 1.165) is 24.6 Å². The van der Waals surface area contributed by atoms with Crippen molar-refractivity contribution in [1.82, 2.24) is 10.3 Å². The van der Waals surface area contributed by atoms with E-state index in [1.807, 2.05) is 6.92 Å². The van der Waals surface area contributed by atoms with Gasteiger partial charge in [0.05, 0.1) is 0 Å². The summed E-state index contributed by atoms with van der Waals surface area (Å²) in [5, 5.41) is 6.77. The number of anilines is 1. The van der Waals surface area contributed by atoms with Crippen molar-refractivity contribution in [3.05, 3.63) is 23.4 Å². The molecule has 1 rings (SSSR count). The third-order valence-electron chi connectivity index (χ3n) is 2.63. The summed E-state index contributed by atoms with van der Waals surface area (Å²) in [6.07, 6.45) is 1.17. The maximum absolute atomic E-state index is 4.43. The fourth-order valence-corrected chi connectivity index (χ4v) is 1.59. The molecule has 0 aliphatic carbocycles. The van der Waals surface area contributed by atoms with E-state index in [2.05, 4.69) is 48.5 Å². The zero-order valence-corrected chi connectivity index (χ0v) is 10.8. The van der Waals surface area contributed by atoms with Crippen LogP contribution in [0.25, 0.3) is 0 Å². The Bertz CT molecular complexity index is 303. The minimum atomic E-state index is 0.592. The second-order valence-corrected chi connectivity index (χ2v) is 4.36. The number of aromatic nitrogens is 1. The molecule has 2 N–H and O–H groups in total. The van der Waals surface area contributed by atoms with Crippen molar-refractivity contribution >= 4 is 5.82 Å². The van der Waals surface area contributed by atoms with Gasteiger partial charge in [0.25, 0.3) is 0 Å². The molecule has 0 fully saturated rings. The van der Waals surface area contributed by atoms with Gasteiger partial charge in [-0.15, -0.1) is 0 Å². The van der Waals surface area contributed by atoms with Gasteiger partial charge in [-0.3, -0.25) is 0 Å². The number of pyridine rings is 1. The van der Waals surface area contributed by atoms with Crippen LogP contribution >= 0.6 is 0 Å². The standard InChI is InChI=1S/C13H23N3/c1-5-11(3)14-6-7-15-13-9-10(2)8-12(4)16-13/h8-9,11,14H,5-7H2,1-4H3,(H,15,16). The normalized spacial score (nSPS) is 12.5. The first kappa shape index (κ1) is 13.0. The maximum atomic E-state index is 4.43. The van der Waals surface area contributed by atoms with E-state index in [0.29, 0.717) is 6.04 Å². The molecule has 0 aromatic carbocycles. The molecule has 1 aromatic heterocycles. The van der Waals surface area contributed by atoms with Crippen molar-refractivity contribution in [2.24, 2.45) is 0 Å². The highest BCUT2D eigenvalue weighted by atomic mass is 15.0. The lowest BCUT2D eigenvalue weighted by atomic mass is 10.2. The summed E-state index contributed by atoms with van der Waals surface area (Å²) in [6, 6.07) is 4.76. The summed E-state index contributed by atoms with van der Waals surface area (Å²) in [4.78, 5) is 4.43. The summed E-state index contributed by atoms with van der Waals surface area (Å²) in [6.45, 7) is 10.4. The van der Waals surface area contributed by atoms with Gasteiger partial charge in [-0.25, -0.2) is 4.98 Å². The highest BCUT2D eigenvalue weighted by molar-refractivity contribution is 5.38. The van der Waals surface area contributed by atoms with E-state index in [1.165, 1.54) is 12.0 Å². The van der Waals surface area contributed by atoms with Crippen molar-refractivity contribution in [2.45, 2.75) is 40.2 Å². The SMILES string of the molecule is CCC(C)NCCNc1cc(C)cc(C)n1. The van der Waals surface area contributed by atoms with E-state index in [1.54, 1.807) is 0 Å². The lowest BCUT2D eigenvalue weighted by molar-refractivity contribution is 0.546. The molecule has 3 heteroatoms. The maximum Gasteiger partial charge on any atom is 0.126 e. The number of hydrogen-bond acceptors (Lipinski definition) is 3. The second-order valence-electron chi connectivity index (χ2n) is 4.36. The third kappa shape index (κ3) is 4.62. The van der Waals surface area contributed by atoms with Crippen LogP contribution in [0.15, 0.2) is 12.1 Å². The average molecular weight is 221 g/mol. The summed E-state index contributed by atoms with van der Waals surface area (Å²) in [7, 11) is 0. The molecule has 1 aromatic rings. The molecule has 1 atom stereocenters. The minimum Gasteiger partial charge on any atom is -0.369 e. The molecule has 0 aliphatic heterocycles. The van der Waals surface area contributed by atoms with Gasteiger partial charge in [-0.1, -0.05) is 6.92 Å². The largest absolute Gasteiger partial charge is 0.369 e. The van der Waals surface area contributed by atoms with Crippen LogP contribution in [0.5, 0.6) is 0 Å². The lowest BCUT2D eigenvalue weighted by Crippen LogP contribution is -2.30. The van der Waals surface area contributed by atoms with E-state index in [4.69, 9.17) is 0 Å². The molecule has 0 amide bonds. The van der Waals surface area contributed by atoms with Crippen molar-refractivity contribution < 1.29 is 0 Å². The Balaban J connectivity index is 2.32. The number of aryl methyl sites for hydroxylation is 2. The Morgan fingerprint density at radius 2 is 2.00 bits per heavy atom. The molecule has 16 heavy (non-hydrogen) atoms. The molecule has 0 radical (unpaired) electrons. The Hall–Kier alpha value is -1.09. The van der Waals surface area contributed by atoms with E-state index in [9.17, 15) is 0 Å². The summed E-state index contributed by atoms with van der Waals surface area (Å²) in [5.41, 5.74) is 2.32. The molecular weight excluding hydrogens is 198 g/mol. The summed E-state index contributed by atoms with van der Waals surface area (Å²) < 4.78 is 0. The molecule has 1 heterocycles. The smallest absolute Gasteiger partial charge is 0.126 e. The Labute approximate surface area is 98.7 Å². The summed E-state index contributed by atoms with van der Waals surface area (Å²) >= 11 is 0. The van der Waals surface area contributed by atoms with Crippen LogP contribution in [0.2, 0.25) is 0 Å². The molecule has 0 saturated heterocycles. The van der Waals surface area contributed by atoms with Gasteiger partial charge < -0.3 is 10.6 Å². The molecule has 0 aliphatic rings. The van der Waals surface area contributed by atoms with E-state index < -0.39 is 0 Å². The number of rotatable bonds is 6. The van der Waals surface area contributed by atoms with Gasteiger partial charge in [0, 0.05) is 24.8 Å². The third-order valence-corrected chi connectivity index (χ3v) is 2.63. The first-order chi connectivity index (χ1) is 7.61. The van der Waals surface area contributed by atoms with Crippen LogP contribution in [-0.2, 0) is 0 Å². The predicted octanol–water partition coefficient (Wildman–Crippen LogP) is 2.50. The lowest BCUT2D eigenvalue weighted by Gasteiger charge is -2.12. The van der Waals surface area contributed by atoms with Crippen molar-refractivity contribution in [2.75, 3.05) is 18.4 Å². The Kier molecular flexibility index (Phi) is 5.26. The summed E-state index contributed by atoms with van der Waals surface area (Å²) in [5.74, 6) is 0.975. The van der Waals surface area contributed by atoms with Gasteiger partial charge in [-0.05, 0) is 44.9 Å². The molecule has 0 bridgehead atoms. The number of nitrogens with zero attached hydrogens (tertiary/aromatic N) is 1. The fourth-order valence-electron chi connectivity index (χ4n) is 1.59. The highest BCUT2D eigenvalue weighted by Crippen LogP contribution is 2.08. The Morgan fingerprint density at radius 3 is 2.62 bits per heavy atom.